The molecule has 0 spiro atoms. The minimum atomic E-state index is -3.70. The number of allylic oxidation sites excluding steroid dienone is 2. The fourth-order valence-electron chi connectivity index (χ4n) is 4.69. The van der Waals surface area contributed by atoms with Gasteiger partial charge >= 0.3 is 24.2 Å². The van der Waals surface area contributed by atoms with Crippen molar-refractivity contribution in [2.45, 2.75) is 63.6 Å². The molecule has 54 heavy (non-hydrogen) atoms. The van der Waals surface area contributed by atoms with E-state index in [0.29, 0.717) is 24.7 Å². The van der Waals surface area contributed by atoms with Crippen LogP contribution in [0.25, 0.3) is 0 Å². The van der Waals surface area contributed by atoms with Gasteiger partial charge in [-0.1, -0.05) is 37.5 Å². The number of alkyl halides is 4. The number of benzene rings is 3. The van der Waals surface area contributed by atoms with Crippen LogP contribution in [0, 0.1) is 0 Å². The standard InChI is InChI=1S/C42H46F4O8/c1-3-39(47)51-31-15-11-7-5-9-13-29-49-35-21-17-33(18-22-35)41(43,44)53-37-25-27-38(28-26-37)54-42(45,46)34-19-23-36(24-20-34)50-30-14-10-6-8-12-16-32-52-40(48)4-2/h3-4,11-12,15-28H,1-2,5-10,13-14,29-32H2/b15-11-,16-12-. The Morgan fingerprint density at radius 2 is 0.852 bits per heavy atom. The molecule has 0 saturated carbocycles. The van der Waals surface area contributed by atoms with Crippen LogP contribution in [0.1, 0.15) is 62.5 Å². The van der Waals surface area contributed by atoms with E-state index in [1.165, 1.54) is 48.5 Å². The van der Waals surface area contributed by atoms with Crippen LogP contribution in [-0.4, -0.2) is 38.4 Å². The second-order valence-corrected chi connectivity index (χ2v) is 11.8. The lowest BCUT2D eigenvalue weighted by Crippen LogP contribution is -2.22. The van der Waals surface area contributed by atoms with E-state index >= 15 is 0 Å². The summed E-state index contributed by atoms with van der Waals surface area (Å²) in [6.07, 6.45) is 9.05. The zero-order chi connectivity index (χ0) is 39.1. The van der Waals surface area contributed by atoms with Gasteiger partial charge in [0.1, 0.15) is 36.2 Å². The highest BCUT2D eigenvalue weighted by molar-refractivity contribution is 5.81. The minimum absolute atomic E-state index is 0.204. The first-order chi connectivity index (χ1) is 26.0. The number of hydrogen-bond donors (Lipinski definition) is 0. The van der Waals surface area contributed by atoms with Crippen molar-refractivity contribution in [3.63, 3.8) is 0 Å². The molecule has 0 saturated heterocycles. The van der Waals surface area contributed by atoms with Crippen LogP contribution in [0.4, 0.5) is 17.6 Å². The predicted molar refractivity (Wildman–Crippen MR) is 197 cm³/mol. The third kappa shape index (κ3) is 16.4. The zero-order valence-electron chi connectivity index (χ0n) is 30.1. The van der Waals surface area contributed by atoms with E-state index in [0.717, 1.165) is 87.8 Å². The average molecular weight is 755 g/mol. The molecule has 0 aliphatic carbocycles. The van der Waals surface area contributed by atoms with Crippen molar-refractivity contribution in [2.75, 3.05) is 26.4 Å². The number of rotatable bonds is 26. The van der Waals surface area contributed by atoms with Crippen molar-refractivity contribution >= 4 is 11.9 Å². The first-order valence-electron chi connectivity index (χ1n) is 17.6. The van der Waals surface area contributed by atoms with E-state index in [1.54, 1.807) is 12.2 Å². The maximum atomic E-state index is 14.9. The van der Waals surface area contributed by atoms with Gasteiger partial charge in [-0.3, -0.25) is 0 Å². The van der Waals surface area contributed by atoms with E-state index in [9.17, 15) is 27.2 Å². The van der Waals surface area contributed by atoms with Crippen molar-refractivity contribution in [3.8, 4) is 23.0 Å². The van der Waals surface area contributed by atoms with Crippen molar-refractivity contribution < 1.29 is 55.6 Å². The Hall–Kier alpha value is -5.52. The van der Waals surface area contributed by atoms with E-state index in [4.69, 9.17) is 28.4 Å². The number of carbonyl (C=O) groups is 2. The highest BCUT2D eigenvalue weighted by Crippen LogP contribution is 2.36. The van der Waals surface area contributed by atoms with Gasteiger partial charge in [0.2, 0.25) is 0 Å². The first kappa shape index (κ1) is 42.9. The van der Waals surface area contributed by atoms with Crippen molar-refractivity contribution in [1.29, 1.82) is 0 Å². The van der Waals surface area contributed by atoms with Crippen LogP contribution >= 0.6 is 0 Å². The Labute approximate surface area is 313 Å². The lowest BCUT2D eigenvalue weighted by atomic mass is 10.2. The maximum absolute atomic E-state index is 14.9. The van der Waals surface area contributed by atoms with Gasteiger partial charge in [-0.15, -0.1) is 0 Å². The van der Waals surface area contributed by atoms with Crippen LogP contribution in [0.2, 0.25) is 0 Å². The summed E-state index contributed by atoms with van der Waals surface area (Å²) in [5.74, 6) is -0.553. The average Bonchev–Trinajstić information content (AvgIpc) is 3.17. The first-order valence-corrected chi connectivity index (χ1v) is 17.6. The number of hydrogen-bond acceptors (Lipinski definition) is 8. The van der Waals surface area contributed by atoms with Crippen LogP contribution in [0.15, 0.2) is 122 Å². The Kier molecular flexibility index (Phi) is 18.4. The van der Waals surface area contributed by atoms with E-state index in [2.05, 4.69) is 13.2 Å². The molecule has 0 atom stereocenters. The SMILES string of the molecule is C=CC(=O)OC/C=C\CCCCCOc1ccc(C(F)(F)Oc2ccc(OC(F)(F)c3ccc(OCCCCC/C=C\COC(=O)C=C)cc3)cc2)cc1. The molecular weight excluding hydrogens is 708 g/mol. The third-order valence-corrected chi connectivity index (χ3v) is 7.57. The molecule has 0 radical (unpaired) electrons. The van der Waals surface area contributed by atoms with Gasteiger partial charge < -0.3 is 28.4 Å². The number of ether oxygens (including phenoxy) is 6. The molecule has 12 heteroatoms. The van der Waals surface area contributed by atoms with Gasteiger partial charge in [0.25, 0.3) is 0 Å². The normalized spacial score (nSPS) is 11.6. The molecule has 0 heterocycles. The van der Waals surface area contributed by atoms with Crippen LogP contribution in [0.5, 0.6) is 23.0 Å². The molecule has 0 fully saturated rings. The van der Waals surface area contributed by atoms with Crippen molar-refractivity contribution in [3.05, 3.63) is 134 Å². The van der Waals surface area contributed by atoms with Gasteiger partial charge in [0.15, 0.2) is 0 Å². The Morgan fingerprint density at radius 1 is 0.500 bits per heavy atom. The van der Waals surface area contributed by atoms with Crippen LogP contribution in [0.3, 0.4) is 0 Å². The van der Waals surface area contributed by atoms with E-state index in [-0.39, 0.29) is 24.7 Å². The molecule has 0 aromatic heterocycles. The Bertz CT molecular complexity index is 1510. The molecule has 0 bridgehead atoms. The summed E-state index contributed by atoms with van der Waals surface area (Å²) in [4.78, 5) is 21.9. The Balaban J connectivity index is 1.35. The molecule has 0 amide bonds. The summed E-state index contributed by atoms with van der Waals surface area (Å²) in [7, 11) is 0. The molecule has 3 aromatic carbocycles. The minimum Gasteiger partial charge on any atom is -0.494 e. The Morgan fingerprint density at radius 3 is 1.20 bits per heavy atom. The smallest absolute Gasteiger partial charge is 0.426 e. The summed E-state index contributed by atoms with van der Waals surface area (Å²) < 4.78 is 90.4. The van der Waals surface area contributed by atoms with Gasteiger partial charge in [0, 0.05) is 12.2 Å². The molecule has 0 unspecified atom stereocenters. The van der Waals surface area contributed by atoms with E-state index in [1.807, 2.05) is 12.2 Å². The molecule has 8 nitrogen and oxygen atoms in total. The quantitative estimate of drug-likeness (QED) is 0.0263. The van der Waals surface area contributed by atoms with E-state index < -0.39 is 35.3 Å². The monoisotopic (exact) mass is 754 g/mol. The highest BCUT2D eigenvalue weighted by Gasteiger charge is 2.36. The lowest BCUT2D eigenvalue weighted by molar-refractivity contribution is -0.188. The summed E-state index contributed by atoms with van der Waals surface area (Å²) in [5, 5.41) is 0. The molecule has 0 N–H and O–H groups in total. The number of unbranched alkanes of at least 4 members (excludes halogenated alkanes) is 6. The van der Waals surface area contributed by atoms with Crippen molar-refractivity contribution in [2.24, 2.45) is 0 Å². The molecule has 290 valence electrons. The maximum Gasteiger partial charge on any atom is 0.426 e. The second kappa shape index (κ2) is 23.2. The molecule has 3 rings (SSSR count). The molecule has 0 aliphatic rings. The van der Waals surface area contributed by atoms with Crippen LogP contribution < -0.4 is 18.9 Å². The van der Waals surface area contributed by atoms with Gasteiger partial charge in [-0.25, -0.2) is 9.59 Å². The number of halogens is 4. The zero-order valence-corrected chi connectivity index (χ0v) is 30.1. The number of carbonyl (C=O) groups excluding carboxylic acids is 2. The van der Waals surface area contributed by atoms with Gasteiger partial charge in [0.05, 0.1) is 24.3 Å². The molecule has 0 aliphatic heterocycles. The summed E-state index contributed by atoms with van der Waals surface area (Å²) in [5.41, 5.74) is -0.816. The summed E-state index contributed by atoms with van der Waals surface area (Å²) in [6.45, 7) is 7.89. The largest absolute Gasteiger partial charge is 0.494 e. The topological polar surface area (TPSA) is 89.5 Å². The predicted octanol–water partition coefficient (Wildman–Crippen LogP) is 10.4. The van der Waals surface area contributed by atoms with Gasteiger partial charge in [-0.2, -0.15) is 17.6 Å². The molecule has 3 aromatic rings. The van der Waals surface area contributed by atoms with Crippen LogP contribution in [-0.2, 0) is 31.3 Å². The second-order valence-electron chi connectivity index (χ2n) is 11.8. The van der Waals surface area contributed by atoms with Gasteiger partial charge in [-0.05, 0) is 124 Å². The van der Waals surface area contributed by atoms with Crippen molar-refractivity contribution in [1.82, 2.24) is 0 Å². The summed E-state index contributed by atoms with van der Waals surface area (Å²) in [6, 6.07) is 15.0. The fourth-order valence-corrected chi connectivity index (χ4v) is 4.69. The fraction of sp³-hybridized carbons (Fsp3) is 0.333. The third-order valence-electron chi connectivity index (χ3n) is 7.57. The lowest BCUT2D eigenvalue weighted by Gasteiger charge is -2.20. The number of esters is 2. The summed E-state index contributed by atoms with van der Waals surface area (Å²) >= 11 is 0. The highest BCUT2D eigenvalue weighted by atomic mass is 19.3. The molecular formula is C42H46F4O8.